The van der Waals surface area contributed by atoms with Crippen LogP contribution in [-0.2, 0) is 23.9 Å². The average molecular weight is 443 g/mol. The number of piperidine rings is 1. The van der Waals surface area contributed by atoms with E-state index in [-0.39, 0.29) is 17.8 Å². The molecule has 1 heterocycles. The van der Waals surface area contributed by atoms with Crippen molar-refractivity contribution in [1.29, 1.82) is 0 Å². The number of carbonyl (C=O) groups is 4. The van der Waals surface area contributed by atoms with Crippen molar-refractivity contribution in [2.75, 3.05) is 31.6 Å². The molecule has 1 unspecified atom stereocenters. The van der Waals surface area contributed by atoms with Gasteiger partial charge in [0.05, 0.1) is 12.5 Å². The fraction of sp³-hybridized carbons (Fsp3) is 0.500. The third kappa shape index (κ3) is 8.79. The van der Waals surface area contributed by atoms with Crippen LogP contribution < -0.4 is 5.32 Å². The maximum Gasteiger partial charge on any atom is 0.414 e. The summed E-state index contributed by atoms with van der Waals surface area (Å²) in [6, 6.07) is 5.46. The number of hydrogen-bond acceptors (Lipinski definition) is 6. The molecule has 1 atom stereocenters. The maximum absolute atomic E-state index is 12.2. The molecule has 0 saturated carbocycles. The molecule has 3 N–H and O–H groups in total. The number of aliphatic carboxylic acids is 2. The van der Waals surface area contributed by atoms with E-state index in [0.29, 0.717) is 31.1 Å². The van der Waals surface area contributed by atoms with Crippen LogP contribution in [0.1, 0.15) is 31.7 Å². The SMILES string of the molecule is CCOC(=O)C1CCCN(CCC(=O)Nc2cccc(Cl)c2C)C1.O=C(O)C(=O)O. The molecule has 0 radical (unpaired) electrons. The lowest BCUT2D eigenvalue weighted by molar-refractivity contribution is -0.159. The van der Waals surface area contributed by atoms with Crippen LogP contribution in [0, 0.1) is 12.8 Å². The zero-order chi connectivity index (χ0) is 22.7. The molecule has 1 aromatic carbocycles. The number of nitrogens with zero attached hydrogens (tertiary/aromatic N) is 1. The number of carboxylic acids is 2. The van der Waals surface area contributed by atoms with Gasteiger partial charge in [0.2, 0.25) is 5.91 Å². The summed E-state index contributed by atoms with van der Waals surface area (Å²) in [5.74, 6) is -3.89. The van der Waals surface area contributed by atoms with E-state index in [1.165, 1.54) is 0 Å². The topological polar surface area (TPSA) is 133 Å². The first-order valence-electron chi connectivity index (χ1n) is 9.55. The lowest BCUT2D eigenvalue weighted by atomic mass is 9.98. The largest absolute Gasteiger partial charge is 0.473 e. The minimum Gasteiger partial charge on any atom is -0.473 e. The molecule has 9 nitrogen and oxygen atoms in total. The quantitative estimate of drug-likeness (QED) is 0.451. The van der Waals surface area contributed by atoms with Crippen molar-refractivity contribution in [3.8, 4) is 0 Å². The van der Waals surface area contributed by atoms with Crippen LogP contribution in [0.5, 0.6) is 0 Å². The van der Waals surface area contributed by atoms with E-state index in [4.69, 9.17) is 36.1 Å². The number of halogens is 1. The molecule has 1 aromatic rings. The molecule has 1 amide bonds. The number of anilines is 1. The molecule has 1 aliphatic heterocycles. The molecule has 10 heteroatoms. The summed E-state index contributed by atoms with van der Waals surface area (Å²) in [4.78, 5) is 44.4. The Morgan fingerprint density at radius 3 is 2.50 bits per heavy atom. The third-order valence-corrected chi connectivity index (χ3v) is 4.91. The van der Waals surface area contributed by atoms with Gasteiger partial charge in [-0.2, -0.15) is 0 Å². The van der Waals surface area contributed by atoms with Gasteiger partial charge in [0.1, 0.15) is 0 Å². The van der Waals surface area contributed by atoms with Gasteiger partial charge in [-0.15, -0.1) is 0 Å². The Kier molecular flexibility index (Phi) is 10.8. The van der Waals surface area contributed by atoms with Crippen LogP contribution in [-0.4, -0.2) is 65.2 Å². The van der Waals surface area contributed by atoms with E-state index in [2.05, 4.69) is 10.2 Å². The standard InChI is InChI=1S/C18H25ClN2O3.C2H2O4/c1-3-24-18(23)14-6-5-10-21(12-14)11-9-17(22)20-16-8-4-7-15(19)13(16)2;3-1(4)2(5)6/h4,7-8,14H,3,5-6,9-12H2,1-2H3,(H,20,22);(H,3,4)(H,5,6). The van der Waals surface area contributed by atoms with Gasteiger partial charge in [0.25, 0.3) is 0 Å². The van der Waals surface area contributed by atoms with Crippen molar-refractivity contribution < 1.29 is 34.1 Å². The van der Waals surface area contributed by atoms with E-state index in [1.54, 1.807) is 6.07 Å². The normalized spacial score (nSPS) is 16.0. The Labute approximate surface area is 180 Å². The third-order valence-electron chi connectivity index (χ3n) is 4.51. The summed E-state index contributed by atoms with van der Waals surface area (Å²) in [7, 11) is 0. The molecule has 0 aromatic heterocycles. The van der Waals surface area contributed by atoms with Crippen LogP contribution in [0.15, 0.2) is 18.2 Å². The highest BCUT2D eigenvalue weighted by molar-refractivity contribution is 6.31. The van der Waals surface area contributed by atoms with Gasteiger partial charge in [0.15, 0.2) is 0 Å². The highest BCUT2D eigenvalue weighted by Gasteiger charge is 2.26. The Bertz CT molecular complexity index is 758. The Morgan fingerprint density at radius 1 is 1.23 bits per heavy atom. The summed E-state index contributed by atoms with van der Waals surface area (Å²) in [6.07, 6.45) is 2.21. The fourth-order valence-corrected chi connectivity index (χ4v) is 3.10. The molecule has 1 saturated heterocycles. The highest BCUT2D eigenvalue weighted by atomic mass is 35.5. The van der Waals surface area contributed by atoms with Crippen molar-refractivity contribution >= 4 is 41.1 Å². The summed E-state index contributed by atoms with van der Waals surface area (Å²) in [6.45, 7) is 6.34. The predicted molar refractivity (Wildman–Crippen MR) is 111 cm³/mol. The van der Waals surface area contributed by atoms with Gasteiger partial charge in [-0.3, -0.25) is 9.59 Å². The molecule has 30 heavy (non-hydrogen) atoms. The van der Waals surface area contributed by atoms with Crippen molar-refractivity contribution in [2.45, 2.75) is 33.1 Å². The highest BCUT2D eigenvalue weighted by Crippen LogP contribution is 2.23. The fourth-order valence-electron chi connectivity index (χ4n) is 2.93. The van der Waals surface area contributed by atoms with E-state index < -0.39 is 11.9 Å². The molecule has 0 aliphatic carbocycles. The summed E-state index contributed by atoms with van der Waals surface area (Å²) in [5.41, 5.74) is 1.61. The number of benzene rings is 1. The number of carbonyl (C=O) groups excluding carboxylic acids is 2. The number of rotatable bonds is 6. The molecule has 166 valence electrons. The van der Waals surface area contributed by atoms with Gasteiger partial charge in [0, 0.05) is 30.2 Å². The Morgan fingerprint density at radius 2 is 1.90 bits per heavy atom. The lowest BCUT2D eigenvalue weighted by Crippen LogP contribution is -2.40. The molecule has 1 aliphatic rings. The van der Waals surface area contributed by atoms with Gasteiger partial charge in [-0.1, -0.05) is 17.7 Å². The number of nitrogens with one attached hydrogen (secondary N) is 1. The first-order valence-corrected chi connectivity index (χ1v) is 9.93. The van der Waals surface area contributed by atoms with E-state index >= 15 is 0 Å². The molecule has 1 fully saturated rings. The van der Waals surface area contributed by atoms with Gasteiger partial charge < -0.3 is 25.2 Å². The molecule has 0 bridgehead atoms. The van der Waals surface area contributed by atoms with Crippen LogP contribution in [0.4, 0.5) is 5.69 Å². The van der Waals surface area contributed by atoms with Crippen molar-refractivity contribution in [1.82, 2.24) is 4.90 Å². The summed E-state index contributed by atoms with van der Waals surface area (Å²) >= 11 is 6.06. The van der Waals surface area contributed by atoms with Crippen LogP contribution >= 0.6 is 11.6 Å². The average Bonchev–Trinajstić information content (AvgIpc) is 2.71. The molecular formula is C20H27ClN2O7. The van der Waals surface area contributed by atoms with Crippen LogP contribution in [0.2, 0.25) is 5.02 Å². The van der Waals surface area contributed by atoms with E-state index in [9.17, 15) is 9.59 Å². The van der Waals surface area contributed by atoms with Gasteiger partial charge >= 0.3 is 17.9 Å². The number of ether oxygens (including phenoxy) is 1. The van der Waals surface area contributed by atoms with E-state index in [1.807, 2.05) is 26.0 Å². The van der Waals surface area contributed by atoms with Crippen molar-refractivity contribution in [3.05, 3.63) is 28.8 Å². The number of hydrogen-bond donors (Lipinski definition) is 3. The minimum atomic E-state index is -1.82. The zero-order valence-corrected chi connectivity index (χ0v) is 17.8. The van der Waals surface area contributed by atoms with Gasteiger partial charge in [-0.05, 0) is 50.9 Å². The Hall–Kier alpha value is -2.65. The first-order chi connectivity index (χ1) is 14.1. The number of amides is 1. The minimum absolute atomic E-state index is 0.0429. The van der Waals surface area contributed by atoms with Crippen LogP contribution in [0.3, 0.4) is 0 Å². The number of carboxylic acid groups (broad SMARTS) is 2. The second-order valence-electron chi connectivity index (χ2n) is 6.71. The predicted octanol–water partition coefficient (Wildman–Crippen LogP) is 2.41. The van der Waals surface area contributed by atoms with Crippen molar-refractivity contribution in [2.24, 2.45) is 5.92 Å². The zero-order valence-electron chi connectivity index (χ0n) is 17.0. The first kappa shape index (κ1) is 25.4. The monoisotopic (exact) mass is 442 g/mol. The summed E-state index contributed by atoms with van der Waals surface area (Å²) in [5, 5.41) is 18.3. The second kappa shape index (κ2) is 12.8. The van der Waals surface area contributed by atoms with Crippen molar-refractivity contribution in [3.63, 3.8) is 0 Å². The van der Waals surface area contributed by atoms with Gasteiger partial charge in [-0.25, -0.2) is 9.59 Å². The lowest BCUT2D eigenvalue weighted by Gasteiger charge is -2.31. The number of esters is 1. The van der Waals surface area contributed by atoms with Crippen LogP contribution in [0.25, 0.3) is 0 Å². The molecular weight excluding hydrogens is 416 g/mol. The Balaban J connectivity index is 0.000000656. The smallest absolute Gasteiger partial charge is 0.414 e. The summed E-state index contributed by atoms with van der Waals surface area (Å²) < 4.78 is 5.10. The van der Waals surface area contributed by atoms with E-state index in [0.717, 1.165) is 30.6 Å². The number of likely N-dealkylation sites (tertiary alicyclic amines) is 1. The molecule has 2 rings (SSSR count). The second-order valence-corrected chi connectivity index (χ2v) is 7.12. The maximum atomic E-state index is 12.2. The molecule has 0 spiro atoms.